The van der Waals surface area contributed by atoms with Crippen molar-refractivity contribution in [2.45, 2.75) is 40.2 Å². The number of hydrogen-bond donors (Lipinski definition) is 1. The molecule has 4 heteroatoms. The molecule has 1 rings (SSSR count). The smallest absolute Gasteiger partial charge is 0.251 e. The summed E-state index contributed by atoms with van der Waals surface area (Å²) in [5, 5.41) is 3.08. The summed E-state index contributed by atoms with van der Waals surface area (Å²) in [5.41, 5.74) is 1.78. The number of hydrogen-bond acceptors (Lipinski definition) is 1. The Morgan fingerprint density at radius 3 is 2.53 bits per heavy atom. The third kappa shape index (κ3) is 4.81. The molecule has 1 N–H and O–H groups in total. The first kappa shape index (κ1) is 16.5. The average Bonchev–Trinajstić information content (AvgIpc) is 2.30. The minimum absolute atomic E-state index is 0.00746. The van der Waals surface area contributed by atoms with Crippen LogP contribution in [0.2, 0.25) is 0 Å². The summed E-state index contributed by atoms with van der Waals surface area (Å²) in [5.74, 6) is 0.491. The van der Waals surface area contributed by atoms with Gasteiger partial charge in [0.15, 0.2) is 0 Å². The monoisotopic (exact) mass is 345 g/mol. The number of carbonyl (C=O) groups excluding carboxylic acids is 1. The Bertz CT molecular complexity index is 454. The van der Waals surface area contributed by atoms with Gasteiger partial charge in [0.25, 0.3) is 5.91 Å². The molecule has 1 aromatic rings. The second-order valence-electron chi connectivity index (χ2n) is 5.83. The van der Waals surface area contributed by atoms with Gasteiger partial charge in [-0.05, 0) is 36.5 Å². The molecule has 2 nitrogen and oxygen atoms in total. The predicted molar refractivity (Wildman–Crippen MR) is 84.9 cm³/mol. The van der Waals surface area contributed by atoms with Gasteiger partial charge in [-0.3, -0.25) is 4.79 Å². The fraction of sp³-hybridized carbons (Fsp3) is 0.533. The van der Waals surface area contributed by atoms with E-state index in [1.165, 1.54) is 0 Å². The predicted octanol–water partition coefficient (Wildman–Crippen LogP) is 4.53. The fourth-order valence-electron chi connectivity index (χ4n) is 1.81. The van der Waals surface area contributed by atoms with Crippen LogP contribution in [0.3, 0.4) is 0 Å². The van der Waals surface area contributed by atoms with Crippen LogP contribution in [-0.2, 0) is 0 Å². The van der Waals surface area contributed by atoms with Gasteiger partial charge in [0.1, 0.15) is 0 Å². The van der Waals surface area contributed by atoms with Gasteiger partial charge in [-0.15, -0.1) is 11.6 Å². The van der Waals surface area contributed by atoms with E-state index in [1.807, 2.05) is 25.1 Å². The second kappa shape index (κ2) is 6.76. The first-order chi connectivity index (χ1) is 8.75. The van der Waals surface area contributed by atoms with Crippen molar-refractivity contribution in [1.29, 1.82) is 0 Å². The number of nitrogens with one attached hydrogen (secondary N) is 1. The minimum Gasteiger partial charge on any atom is -0.349 e. The maximum atomic E-state index is 12.3. The molecule has 0 saturated carbocycles. The van der Waals surface area contributed by atoms with E-state index in [9.17, 15) is 4.79 Å². The lowest BCUT2D eigenvalue weighted by molar-refractivity contribution is 0.0900. The van der Waals surface area contributed by atoms with Crippen molar-refractivity contribution in [2.24, 2.45) is 5.41 Å². The lowest BCUT2D eigenvalue weighted by Crippen LogP contribution is -2.44. The number of alkyl halides is 1. The highest BCUT2D eigenvalue weighted by Gasteiger charge is 2.26. The lowest BCUT2D eigenvalue weighted by atomic mass is 9.85. The summed E-state index contributed by atoms with van der Waals surface area (Å²) in [6, 6.07) is 5.70. The Morgan fingerprint density at radius 1 is 1.42 bits per heavy atom. The van der Waals surface area contributed by atoms with Crippen molar-refractivity contribution in [2.75, 3.05) is 5.88 Å². The van der Waals surface area contributed by atoms with Crippen molar-refractivity contribution in [1.82, 2.24) is 5.32 Å². The van der Waals surface area contributed by atoms with Gasteiger partial charge in [-0.1, -0.05) is 42.8 Å². The zero-order chi connectivity index (χ0) is 14.6. The standard InChI is InChI=1S/C15H21BrClNO/c1-10-5-6-11(9-12(10)16)14(19)18-13(7-8-17)15(2,3)4/h5-6,9,13H,7-8H2,1-4H3,(H,18,19). The maximum Gasteiger partial charge on any atom is 0.251 e. The van der Waals surface area contributed by atoms with Crippen molar-refractivity contribution in [3.05, 3.63) is 33.8 Å². The highest BCUT2D eigenvalue weighted by atomic mass is 79.9. The third-order valence-corrected chi connectivity index (χ3v) is 4.26. The molecule has 0 fully saturated rings. The maximum absolute atomic E-state index is 12.3. The molecule has 1 atom stereocenters. The molecule has 0 saturated heterocycles. The summed E-state index contributed by atoms with van der Waals surface area (Å²) in [6.07, 6.45) is 0.768. The van der Waals surface area contributed by atoms with Gasteiger partial charge in [0.05, 0.1) is 0 Å². The number of halogens is 2. The molecule has 0 aromatic heterocycles. The third-order valence-electron chi connectivity index (χ3n) is 3.18. The Labute approximate surface area is 129 Å². The summed E-state index contributed by atoms with van der Waals surface area (Å²) in [4.78, 5) is 12.3. The van der Waals surface area contributed by atoms with E-state index in [2.05, 4.69) is 42.0 Å². The number of rotatable bonds is 4. The van der Waals surface area contributed by atoms with Gasteiger partial charge in [-0.2, -0.15) is 0 Å². The summed E-state index contributed by atoms with van der Waals surface area (Å²) >= 11 is 9.27. The van der Waals surface area contributed by atoms with Crippen molar-refractivity contribution in [3.63, 3.8) is 0 Å². The molecule has 0 aliphatic heterocycles. The number of aryl methyl sites for hydroxylation is 1. The van der Waals surface area contributed by atoms with Gasteiger partial charge in [-0.25, -0.2) is 0 Å². The molecule has 106 valence electrons. The van der Waals surface area contributed by atoms with E-state index in [0.717, 1.165) is 16.5 Å². The average molecular weight is 347 g/mol. The van der Waals surface area contributed by atoms with E-state index in [4.69, 9.17) is 11.6 Å². The molecular weight excluding hydrogens is 326 g/mol. The van der Waals surface area contributed by atoms with Gasteiger partial charge in [0.2, 0.25) is 0 Å². The van der Waals surface area contributed by atoms with Crippen LogP contribution in [0, 0.1) is 12.3 Å². The van der Waals surface area contributed by atoms with Crippen LogP contribution in [0.15, 0.2) is 22.7 Å². The number of carbonyl (C=O) groups is 1. The lowest BCUT2D eigenvalue weighted by Gasteiger charge is -2.31. The molecule has 0 aliphatic rings. The van der Waals surface area contributed by atoms with Gasteiger partial charge < -0.3 is 5.32 Å². The van der Waals surface area contributed by atoms with E-state index in [1.54, 1.807) is 0 Å². The number of benzene rings is 1. The summed E-state index contributed by atoms with van der Waals surface area (Å²) < 4.78 is 0.949. The van der Waals surface area contributed by atoms with E-state index < -0.39 is 0 Å². The van der Waals surface area contributed by atoms with E-state index >= 15 is 0 Å². The second-order valence-corrected chi connectivity index (χ2v) is 7.07. The largest absolute Gasteiger partial charge is 0.349 e. The summed E-state index contributed by atoms with van der Waals surface area (Å²) in [6.45, 7) is 8.32. The van der Waals surface area contributed by atoms with Crippen LogP contribution in [0.5, 0.6) is 0 Å². The highest BCUT2D eigenvalue weighted by Crippen LogP contribution is 2.23. The zero-order valence-electron chi connectivity index (χ0n) is 11.9. The van der Waals surface area contributed by atoms with Gasteiger partial charge >= 0.3 is 0 Å². The molecule has 0 aliphatic carbocycles. The molecular formula is C15H21BrClNO. The van der Waals surface area contributed by atoms with Gasteiger partial charge in [0, 0.05) is 22.0 Å². The normalized spacial score (nSPS) is 13.2. The van der Waals surface area contributed by atoms with Crippen molar-refractivity contribution < 1.29 is 4.79 Å². The number of amides is 1. The molecule has 0 bridgehead atoms. The molecule has 1 unspecified atom stereocenters. The quantitative estimate of drug-likeness (QED) is 0.797. The molecule has 0 spiro atoms. The minimum atomic E-state index is -0.0502. The molecule has 1 aromatic carbocycles. The summed E-state index contributed by atoms with van der Waals surface area (Å²) in [7, 11) is 0. The van der Waals surface area contributed by atoms with Crippen molar-refractivity contribution >= 4 is 33.4 Å². The Balaban J connectivity index is 2.84. The Hall–Kier alpha value is -0.540. The first-order valence-corrected chi connectivity index (χ1v) is 7.71. The zero-order valence-corrected chi connectivity index (χ0v) is 14.2. The van der Waals surface area contributed by atoms with Crippen molar-refractivity contribution in [3.8, 4) is 0 Å². The topological polar surface area (TPSA) is 29.1 Å². The SMILES string of the molecule is Cc1ccc(C(=O)NC(CCCl)C(C)(C)C)cc1Br. The fourth-order valence-corrected chi connectivity index (χ4v) is 2.40. The van der Waals surface area contributed by atoms with Crippen LogP contribution in [-0.4, -0.2) is 17.8 Å². The Morgan fingerprint density at radius 2 is 2.05 bits per heavy atom. The Kier molecular flexibility index (Phi) is 5.87. The van der Waals surface area contributed by atoms with E-state index in [0.29, 0.717) is 11.4 Å². The van der Waals surface area contributed by atoms with Crippen LogP contribution in [0.25, 0.3) is 0 Å². The van der Waals surface area contributed by atoms with Crippen LogP contribution in [0.4, 0.5) is 0 Å². The van der Waals surface area contributed by atoms with E-state index in [-0.39, 0.29) is 17.4 Å². The van der Waals surface area contributed by atoms with Crippen LogP contribution >= 0.6 is 27.5 Å². The molecule has 0 radical (unpaired) electrons. The molecule has 0 heterocycles. The highest BCUT2D eigenvalue weighted by molar-refractivity contribution is 9.10. The molecule has 19 heavy (non-hydrogen) atoms. The first-order valence-electron chi connectivity index (χ1n) is 6.38. The molecule has 1 amide bonds. The van der Waals surface area contributed by atoms with Crippen LogP contribution in [0.1, 0.15) is 43.1 Å². The van der Waals surface area contributed by atoms with Crippen LogP contribution < -0.4 is 5.32 Å².